The molecule has 0 bridgehead atoms. The Labute approximate surface area is 149 Å². The van der Waals surface area contributed by atoms with Crippen molar-refractivity contribution < 1.29 is 9.21 Å². The van der Waals surface area contributed by atoms with Gasteiger partial charge in [0.15, 0.2) is 0 Å². The van der Waals surface area contributed by atoms with Crippen molar-refractivity contribution in [3.05, 3.63) is 72.3 Å². The molecule has 2 aliphatic heterocycles. The van der Waals surface area contributed by atoms with E-state index in [0.717, 1.165) is 27.9 Å². The highest BCUT2D eigenvalue weighted by atomic mass is 16.3. The van der Waals surface area contributed by atoms with Crippen LogP contribution < -0.4 is 16.5 Å². The first-order chi connectivity index (χ1) is 12.7. The molecule has 2 aromatic heterocycles. The van der Waals surface area contributed by atoms with E-state index in [2.05, 4.69) is 15.7 Å². The highest BCUT2D eigenvalue weighted by molar-refractivity contribution is 5.97. The maximum atomic E-state index is 12.6. The number of aromatic nitrogens is 1. The van der Waals surface area contributed by atoms with E-state index in [-0.39, 0.29) is 18.0 Å². The van der Waals surface area contributed by atoms with Crippen molar-refractivity contribution in [2.45, 2.75) is 18.2 Å². The highest BCUT2D eigenvalue weighted by Gasteiger charge is 2.45. The smallest absolute Gasteiger partial charge is 0.264 e. The summed E-state index contributed by atoms with van der Waals surface area (Å²) in [4.78, 5) is 17.1. The van der Waals surface area contributed by atoms with Gasteiger partial charge in [-0.25, -0.2) is 10.4 Å². The Bertz CT molecular complexity index is 1010. The number of rotatable bonds is 2. The SMILES string of the molecule is NC1NN2C(=O)C=C(c3ccc4occc4c3)NC2C1c1ccccn1. The summed E-state index contributed by atoms with van der Waals surface area (Å²) >= 11 is 0. The molecule has 2 aliphatic rings. The van der Waals surface area contributed by atoms with Gasteiger partial charge >= 0.3 is 0 Å². The summed E-state index contributed by atoms with van der Waals surface area (Å²) in [6.45, 7) is 0. The molecule has 4 heterocycles. The van der Waals surface area contributed by atoms with Gasteiger partial charge in [0.1, 0.15) is 11.7 Å². The van der Waals surface area contributed by atoms with E-state index >= 15 is 0 Å². The summed E-state index contributed by atoms with van der Waals surface area (Å²) in [6, 6.07) is 13.5. The zero-order valence-corrected chi connectivity index (χ0v) is 13.8. The largest absolute Gasteiger partial charge is 0.464 e. The van der Waals surface area contributed by atoms with Crippen LogP contribution >= 0.6 is 0 Å². The summed E-state index contributed by atoms with van der Waals surface area (Å²) in [5.41, 5.74) is 12.6. The van der Waals surface area contributed by atoms with Gasteiger partial charge in [-0.2, -0.15) is 0 Å². The van der Waals surface area contributed by atoms with Crippen LogP contribution in [0.5, 0.6) is 0 Å². The second kappa shape index (κ2) is 5.69. The van der Waals surface area contributed by atoms with Crippen LogP contribution in [0.15, 0.2) is 65.4 Å². The zero-order valence-electron chi connectivity index (χ0n) is 13.8. The van der Waals surface area contributed by atoms with Gasteiger partial charge in [-0.05, 0) is 42.0 Å². The number of benzene rings is 1. The molecule has 3 unspecified atom stereocenters. The molecule has 3 aromatic rings. The molecule has 1 saturated heterocycles. The highest BCUT2D eigenvalue weighted by Crippen LogP contribution is 2.32. The molecule has 0 spiro atoms. The molecule has 3 atom stereocenters. The van der Waals surface area contributed by atoms with E-state index in [1.807, 2.05) is 42.5 Å². The first-order valence-corrected chi connectivity index (χ1v) is 8.42. The van der Waals surface area contributed by atoms with Crippen LogP contribution in [0.3, 0.4) is 0 Å². The number of hydrazine groups is 1. The molecule has 7 heteroatoms. The van der Waals surface area contributed by atoms with Crippen molar-refractivity contribution in [3.8, 4) is 0 Å². The van der Waals surface area contributed by atoms with Crippen molar-refractivity contribution in [1.82, 2.24) is 20.7 Å². The quantitative estimate of drug-likeness (QED) is 0.650. The third-order valence-electron chi connectivity index (χ3n) is 4.89. The molecule has 5 rings (SSSR count). The normalized spacial score (nSPS) is 25.1. The van der Waals surface area contributed by atoms with Gasteiger partial charge in [0.05, 0.1) is 24.0 Å². The van der Waals surface area contributed by atoms with Crippen LogP contribution in [0, 0.1) is 0 Å². The van der Waals surface area contributed by atoms with E-state index < -0.39 is 6.17 Å². The Kier molecular flexibility index (Phi) is 3.31. The lowest BCUT2D eigenvalue weighted by molar-refractivity contribution is -0.131. The summed E-state index contributed by atoms with van der Waals surface area (Å²) in [5.74, 6) is -0.300. The van der Waals surface area contributed by atoms with Crippen LogP contribution in [-0.4, -0.2) is 28.2 Å². The Morgan fingerprint density at radius 2 is 2.12 bits per heavy atom. The number of nitrogens with zero attached hydrogens (tertiary/aromatic N) is 2. The molecule has 7 nitrogen and oxygen atoms in total. The van der Waals surface area contributed by atoms with Crippen LogP contribution in [0.1, 0.15) is 17.2 Å². The van der Waals surface area contributed by atoms with Gasteiger partial charge in [0.2, 0.25) is 0 Å². The maximum absolute atomic E-state index is 12.6. The molecule has 26 heavy (non-hydrogen) atoms. The predicted octanol–water partition coefficient (Wildman–Crippen LogP) is 1.51. The number of carbonyl (C=O) groups excluding carboxylic acids is 1. The maximum Gasteiger partial charge on any atom is 0.264 e. The number of fused-ring (bicyclic) bond motifs is 2. The topological polar surface area (TPSA) is 96.4 Å². The first kappa shape index (κ1) is 15.1. The van der Waals surface area contributed by atoms with Gasteiger partial charge in [0.25, 0.3) is 5.91 Å². The first-order valence-electron chi connectivity index (χ1n) is 8.42. The van der Waals surface area contributed by atoms with Gasteiger partial charge < -0.3 is 15.5 Å². The summed E-state index contributed by atoms with van der Waals surface area (Å²) < 4.78 is 5.39. The fourth-order valence-corrected chi connectivity index (χ4v) is 3.65. The van der Waals surface area contributed by atoms with Crippen molar-refractivity contribution in [3.63, 3.8) is 0 Å². The van der Waals surface area contributed by atoms with Gasteiger partial charge in [-0.15, -0.1) is 0 Å². The number of furan rings is 1. The number of hydrogen-bond donors (Lipinski definition) is 3. The minimum absolute atomic E-state index is 0.134. The molecule has 0 radical (unpaired) electrons. The fraction of sp³-hybridized carbons (Fsp3) is 0.158. The fourth-order valence-electron chi connectivity index (χ4n) is 3.65. The lowest BCUT2D eigenvalue weighted by atomic mass is 9.97. The summed E-state index contributed by atoms with van der Waals surface area (Å²) in [5, 5.41) is 5.99. The van der Waals surface area contributed by atoms with Gasteiger partial charge in [0, 0.05) is 23.4 Å². The van der Waals surface area contributed by atoms with Crippen molar-refractivity contribution in [2.24, 2.45) is 5.73 Å². The third kappa shape index (κ3) is 2.29. The Morgan fingerprint density at radius 1 is 1.19 bits per heavy atom. The second-order valence-corrected chi connectivity index (χ2v) is 6.46. The monoisotopic (exact) mass is 347 g/mol. The number of hydrogen-bond acceptors (Lipinski definition) is 6. The van der Waals surface area contributed by atoms with Crippen molar-refractivity contribution in [1.29, 1.82) is 0 Å². The summed E-state index contributed by atoms with van der Waals surface area (Å²) in [6.07, 6.45) is 4.25. The van der Waals surface area contributed by atoms with E-state index in [0.29, 0.717) is 0 Å². The molecule has 0 aliphatic carbocycles. The van der Waals surface area contributed by atoms with Crippen molar-refractivity contribution in [2.75, 3.05) is 0 Å². The second-order valence-electron chi connectivity index (χ2n) is 6.46. The van der Waals surface area contributed by atoms with Crippen LogP contribution in [-0.2, 0) is 4.79 Å². The molecule has 1 amide bonds. The van der Waals surface area contributed by atoms with E-state index in [9.17, 15) is 4.79 Å². The minimum atomic E-state index is -0.407. The van der Waals surface area contributed by atoms with E-state index in [1.165, 1.54) is 0 Å². The Morgan fingerprint density at radius 3 is 2.96 bits per heavy atom. The lowest BCUT2D eigenvalue weighted by Crippen LogP contribution is -2.52. The third-order valence-corrected chi connectivity index (χ3v) is 4.89. The van der Waals surface area contributed by atoms with E-state index in [1.54, 1.807) is 23.5 Å². The standard InChI is InChI=1S/C19H17N5O2/c20-18-17(13-3-1-2-7-21-13)19-22-14(10-16(25)24(19)23-18)11-4-5-15-12(9-11)6-8-26-15/h1-10,17-19,22-23H,20H2. The molecule has 130 valence electrons. The molecular formula is C19H17N5O2. The Hall–Kier alpha value is -3.16. The summed E-state index contributed by atoms with van der Waals surface area (Å²) in [7, 11) is 0. The van der Waals surface area contributed by atoms with Crippen molar-refractivity contribution >= 4 is 22.6 Å². The van der Waals surface area contributed by atoms with E-state index in [4.69, 9.17) is 10.2 Å². The number of nitrogens with two attached hydrogens (primary N) is 1. The number of carbonyl (C=O) groups is 1. The van der Waals surface area contributed by atoms with Gasteiger partial charge in [-0.1, -0.05) is 6.07 Å². The average molecular weight is 347 g/mol. The van der Waals surface area contributed by atoms with Crippen LogP contribution in [0.4, 0.5) is 0 Å². The van der Waals surface area contributed by atoms with Gasteiger partial charge in [-0.3, -0.25) is 9.78 Å². The average Bonchev–Trinajstić information content (AvgIpc) is 3.25. The number of nitrogens with one attached hydrogen (secondary N) is 2. The molecule has 1 aromatic carbocycles. The zero-order chi connectivity index (χ0) is 17.7. The molecule has 1 fully saturated rings. The van der Waals surface area contributed by atoms with Crippen LogP contribution in [0.2, 0.25) is 0 Å². The number of pyridine rings is 1. The Balaban J connectivity index is 1.52. The lowest BCUT2D eigenvalue weighted by Gasteiger charge is -2.32. The molecule has 4 N–H and O–H groups in total. The van der Waals surface area contributed by atoms with Crippen LogP contribution in [0.25, 0.3) is 16.7 Å². The molecular weight excluding hydrogens is 330 g/mol. The predicted molar refractivity (Wildman–Crippen MR) is 96.0 cm³/mol. The minimum Gasteiger partial charge on any atom is -0.464 e. The number of amides is 1. The molecule has 0 saturated carbocycles.